The predicted molar refractivity (Wildman–Crippen MR) is 73.8 cm³/mol. The minimum absolute atomic E-state index is 0.119. The fourth-order valence-electron chi connectivity index (χ4n) is 1.64. The maximum atomic E-state index is 11.9. The summed E-state index contributed by atoms with van der Waals surface area (Å²) in [4.78, 5) is 30.5. The van der Waals surface area contributed by atoms with Crippen molar-refractivity contribution in [2.75, 3.05) is 5.32 Å². The van der Waals surface area contributed by atoms with Crippen LogP contribution in [0.3, 0.4) is 0 Å². The van der Waals surface area contributed by atoms with Crippen molar-refractivity contribution >= 4 is 28.3 Å². The molecule has 106 valence electrons. The first kappa shape index (κ1) is 14.2. The van der Waals surface area contributed by atoms with Crippen molar-refractivity contribution in [3.05, 3.63) is 29.3 Å². The van der Waals surface area contributed by atoms with Gasteiger partial charge < -0.3 is 9.67 Å². The monoisotopic (exact) mass is 294 g/mol. The number of nitrogens with one attached hydrogen (secondary N) is 1. The van der Waals surface area contributed by atoms with E-state index >= 15 is 0 Å². The lowest BCUT2D eigenvalue weighted by atomic mass is 10.2. The van der Waals surface area contributed by atoms with Crippen molar-refractivity contribution in [3.63, 3.8) is 0 Å². The van der Waals surface area contributed by atoms with Crippen LogP contribution in [0.25, 0.3) is 0 Å². The Morgan fingerprint density at radius 3 is 2.95 bits per heavy atom. The van der Waals surface area contributed by atoms with Gasteiger partial charge >= 0.3 is 5.97 Å². The van der Waals surface area contributed by atoms with Gasteiger partial charge in [-0.25, -0.2) is 9.97 Å². The van der Waals surface area contributed by atoms with Crippen molar-refractivity contribution in [1.82, 2.24) is 14.5 Å². The van der Waals surface area contributed by atoms with Crippen molar-refractivity contribution in [1.29, 1.82) is 0 Å². The Kier molecular flexibility index (Phi) is 4.46. The molecule has 0 atom stereocenters. The Balaban J connectivity index is 1.91. The molecule has 2 rings (SSSR count). The minimum Gasteiger partial charge on any atom is -0.481 e. The smallest absolute Gasteiger partial charge is 0.303 e. The van der Waals surface area contributed by atoms with E-state index in [1.165, 1.54) is 17.5 Å². The Morgan fingerprint density at radius 2 is 2.30 bits per heavy atom. The van der Waals surface area contributed by atoms with Gasteiger partial charge in [0.1, 0.15) is 5.69 Å². The van der Waals surface area contributed by atoms with Gasteiger partial charge in [-0.15, -0.1) is 11.3 Å². The minimum atomic E-state index is -0.815. The Bertz CT molecular complexity index is 620. The third-order valence-electron chi connectivity index (χ3n) is 2.65. The van der Waals surface area contributed by atoms with Crippen LogP contribution in [0.5, 0.6) is 0 Å². The van der Waals surface area contributed by atoms with Gasteiger partial charge in [0, 0.05) is 18.8 Å². The number of carboxylic acid groups (broad SMARTS) is 1. The van der Waals surface area contributed by atoms with Crippen LogP contribution < -0.4 is 5.32 Å². The average molecular weight is 294 g/mol. The van der Waals surface area contributed by atoms with Crippen molar-refractivity contribution in [2.24, 2.45) is 7.05 Å². The van der Waals surface area contributed by atoms with Crippen molar-refractivity contribution in [3.8, 4) is 0 Å². The molecule has 0 bridgehead atoms. The number of rotatable bonds is 6. The second-order valence-electron chi connectivity index (χ2n) is 4.24. The summed E-state index contributed by atoms with van der Waals surface area (Å²) in [7, 11) is 1.74. The predicted octanol–water partition coefficient (Wildman–Crippen LogP) is 1.54. The topological polar surface area (TPSA) is 97.1 Å². The third-order valence-corrected chi connectivity index (χ3v) is 3.45. The number of hydrogen-bond acceptors (Lipinski definition) is 5. The van der Waals surface area contributed by atoms with E-state index in [0.29, 0.717) is 23.7 Å². The van der Waals surface area contributed by atoms with Crippen LogP contribution in [0.2, 0.25) is 0 Å². The molecule has 0 aliphatic heterocycles. The number of aryl methyl sites for hydroxylation is 2. The molecule has 0 aliphatic rings. The molecule has 0 aromatic carbocycles. The number of thiazole rings is 1. The van der Waals surface area contributed by atoms with Crippen LogP contribution in [0.1, 0.15) is 29.0 Å². The second kappa shape index (κ2) is 6.29. The highest BCUT2D eigenvalue weighted by molar-refractivity contribution is 7.13. The maximum absolute atomic E-state index is 11.9. The first-order chi connectivity index (χ1) is 9.56. The first-order valence-electron chi connectivity index (χ1n) is 6.00. The molecule has 1 amide bonds. The zero-order chi connectivity index (χ0) is 14.5. The summed E-state index contributed by atoms with van der Waals surface area (Å²) in [5, 5.41) is 13.6. The molecular weight excluding hydrogens is 280 g/mol. The molecule has 20 heavy (non-hydrogen) atoms. The molecule has 0 fully saturated rings. The van der Waals surface area contributed by atoms with Crippen LogP contribution in [-0.2, 0) is 18.3 Å². The number of aromatic nitrogens is 3. The number of carbonyl (C=O) groups is 2. The highest BCUT2D eigenvalue weighted by Crippen LogP contribution is 2.17. The highest BCUT2D eigenvalue weighted by atomic mass is 32.1. The number of carboxylic acids is 1. The van der Waals surface area contributed by atoms with E-state index in [9.17, 15) is 9.59 Å². The van der Waals surface area contributed by atoms with Gasteiger partial charge in [0.25, 0.3) is 5.91 Å². The normalized spacial score (nSPS) is 10.4. The second-order valence-corrected chi connectivity index (χ2v) is 5.09. The van der Waals surface area contributed by atoms with Gasteiger partial charge in [-0.3, -0.25) is 14.9 Å². The number of amides is 1. The van der Waals surface area contributed by atoms with Crippen LogP contribution in [0.4, 0.5) is 5.13 Å². The van der Waals surface area contributed by atoms with E-state index in [0.717, 1.165) is 5.69 Å². The highest BCUT2D eigenvalue weighted by Gasteiger charge is 2.12. The molecule has 8 heteroatoms. The standard InChI is InChI=1S/C12H14N4O3S/c1-16-7-13-5-9(16)11(19)15-12-14-8(6-20-12)3-2-4-10(17)18/h5-7H,2-4H2,1H3,(H,17,18)(H,14,15,19). The number of anilines is 1. The molecule has 2 aromatic rings. The molecule has 0 radical (unpaired) electrons. The third kappa shape index (κ3) is 3.64. The Hall–Kier alpha value is -2.22. The quantitative estimate of drug-likeness (QED) is 0.842. The van der Waals surface area contributed by atoms with Crippen LogP contribution in [0.15, 0.2) is 17.9 Å². The fraction of sp³-hybridized carbons (Fsp3) is 0.333. The lowest BCUT2D eigenvalue weighted by Gasteiger charge is -2.01. The molecule has 0 aliphatic carbocycles. The van der Waals surface area contributed by atoms with E-state index in [-0.39, 0.29) is 12.3 Å². The number of carbonyl (C=O) groups excluding carboxylic acids is 1. The van der Waals surface area contributed by atoms with Gasteiger partial charge in [0.05, 0.1) is 18.2 Å². The molecular formula is C12H14N4O3S. The summed E-state index contributed by atoms with van der Waals surface area (Å²) in [6, 6.07) is 0. The van der Waals surface area contributed by atoms with Gasteiger partial charge in [-0.1, -0.05) is 0 Å². The number of aliphatic carboxylic acids is 1. The summed E-state index contributed by atoms with van der Waals surface area (Å²) < 4.78 is 1.62. The van der Waals surface area contributed by atoms with E-state index in [2.05, 4.69) is 15.3 Å². The van der Waals surface area contributed by atoms with Crippen molar-refractivity contribution in [2.45, 2.75) is 19.3 Å². The SMILES string of the molecule is Cn1cncc1C(=O)Nc1nc(CCCC(=O)O)cs1. The van der Waals surface area contributed by atoms with E-state index in [1.807, 2.05) is 5.38 Å². The zero-order valence-electron chi connectivity index (χ0n) is 10.9. The average Bonchev–Trinajstić information content (AvgIpc) is 2.98. The molecule has 2 N–H and O–H groups in total. The van der Waals surface area contributed by atoms with E-state index in [4.69, 9.17) is 5.11 Å². The summed E-state index contributed by atoms with van der Waals surface area (Å²) in [5.41, 5.74) is 1.24. The van der Waals surface area contributed by atoms with Gasteiger partial charge in [0.15, 0.2) is 5.13 Å². The number of imidazole rings is 1. The molecule has 2 heterocycles. The zero-order valence-corrected chi connectivity index (χ0v) is 11.7. The van der Waals surface area contributed by atoms with Gasteiger partial charge in [-0.2, -0.15) is 0 Å². The van der Waals surface area contributed by atoms with Crippen LogP contribution >= 0.6 is 11.3 Å². The molecule has 7 nitrogen and oxygen atoms in total. The van der Waals surface area contributed by atoms with Crippen LogP contribution in [0, 0.1) is 0 Å². The lowest BCUT2D eigenvalue weighted by molar-refractivity contribution is -0.137. The molecule has 0 saturated heterocycles. The molecule has 0 saturated carbocycles. The van der Waals surface area contributed by atoms with Gasteiger partial charge in [-0.05, 0) is 12.8 Å². The molecule has 0 spiro atoms. The lowest BCUT2D eigenvalue weighted by Crippen LogP contribution is -2.15. The summed E-state index contributed by atoms with van der Waals surface area (Å²) in [6.07, 6.45) is 4.28. The van der Waals surface area contributed by atoms with Crippen molar-refractivity contribution < 1.29 is 14.7 Å². The van der Waals surface area contributed by atoms with E-state index in [1.54, 1.807) is 17.9 Å². The summed E-state index contributed by atoms with van der Waals surface area (Å²) >= 11 is 1.32. The first-order valence-corrected chi connectivity index (χ1v) is 6.88. The molecule has 2 aromatic heterocycles. The van der Waals surface area contributed by atoms with E-state index < -0.39 is 5.97 Å². The Morgan fingerprint density at radius 1 is 1.50 bits per heavy atom. The fourth-order valence-corrected chi connectivity index (χ4v) is 2.38. The summed E-state index contributed by atoms with van der Waals surface area (Å²) in [5.74, 6) is -1.08. The largest absolute Gasteiger partial charge is 0.481 e. The number of nitrogens with zero attached hydrogens (tertiary/aromatic N) is 3. The summed E-state index contributed by atoms with van der Waals surface area (Å²) in [6.45, 7) is 0. The Labute approximate surface area is 119 Å². The number of hydrogen-bond donors (Lipinski definition) is 2. The van der Waals surface area contributed by atoms with Gasteiger partial charge in [0.2, 0.25) is 0 Å². The van der Waals surface area contributed by atoms with Crippen LogP contribution in [-0.4, -0.2) is 31.5 Å². The molecule has 0 unspecified atom stereocenters. The maximum Gasteiger partial charge on any atom is 0.303 e.